The number of hydrogen-bond donors (Lipinski definition) is 5. The highest BCUT2D eigenvalue weighted by Gasteiger charge is 2.95. The first-order valence-corrected chi connectivity index (χ1v) is 13.9. The average Bonchev–Trinajstić information content (AvgIpc) is 2.91. The molecule has 286 valence electrons. The van der Waals surface area contributed by atoms with Crippen LogP contribution in [0.3, 0.4) is 0 Å². The highest BCUT2D eigenvalue weighted by Crippen LogP contribution is 2.64. The van der Waals surface area contributed by atoms with Crippen LogP contribution in [0.25, 0.3) is 0 Å². The number of nitrogens with one attached hydrogen (secondary N) is 1. The van der Waals surface area contributed by atoms with Crippen LogP contribution in [-0.4, -0.2) is 94.7 Å². The molecule has 0 bridgehead atoms. The van der Waals surface area contributed by atoms with Crippen LogP contribution in [0.4, 0.5) is 74.6 Å². The van der Waals surface area contributed by atoms with Gasteiger partial charge in [0, 0.05) is 12.4 Å². The molecule has 0 unspecified atom stereocenters. The fraction of sp³-hybridized carbons (Fsp3) is 0.864. The van der Waals surface area contributed by atoms with E-state index < -0.39 is 84.2 Å². The first kappa shape index (κ1) is 47.4. The SMILES string of the molecule is NC(N)=[NH+]CCC[C@H](N)C(=O)O.O=C([O-])CCCCCSCCC(F)(F)C(F)(F)C(F)(F)C(F)(F)C(F)(F)C(F)(F)C(F)(F)C(F)(F)F. The van der Waals surface area contributed by atoms with Gasteiger partial charge in [-0.15, -0.1) is 0 Å². The van der Waals surface area contributed by atoms with E-state index in [0.717, 1.165) is 0 Å². The number of thioether (sulfide) groups is 1. The zero-order valence-corrected chi connectivity index (χ0v) is 24.7. The van der Waals surface area contributed by atoms with Gasteiger partial charge in [0.25, 0.3) is 0 Å². The zero-order valence-electron chi connectivity index (χ0n) is 23.9. The van der Waals surface area contributed by atoms with E-state index in [0.29, 0.717) is 19.4 Å². The second-order valence-corrected chi connectivity index (χ2v) is 10.9. The van der Waals surface area contributed by atoms with E-state index in [1.807, 2.05) is 0 Å². The number of carbonyl (C=O) groups excluding carboxylic acids is 1. The minimum atomic E-state index is -8.62. The van der Waals surface area contributed by atoms with Gasteiger partial charge in [0.15, 0.2) is 0 Å². The number of carboxylic acids is 2. The minimum absolute atomic E-state index is 0.0324. The Kier molecular flexibility index (Phi) is 17.1. The van der Waals surface area contributed by atoms with Crippen LogP contribution in [-0.2, 0) is 9.59 Å². The van der Waals surface area contributed by atoms with Crippen LogP contribution < -0.4 is 27.3 Å². The third-order valence-electron chi connectivity index (χ3n) is 5.86. The second-order valence-electron chi connectivity index (χ2n) is 9.66. The summed E-state index contributed by atoms with van der Waals surface area (Å²) >= 11 is 0.288. The number of aliphatic carboxylic acids is 2. The Morgan fingerprint density at radius 2 is 1.10 bits per heavy atom. The molecular weight excluding hydrogens is 739 g/mol. The van der Waals surface area contributed by atoms with Crippen molar-refractivity contribution in [3.63, 3.8) is 0 Å². The molecular formula is C22H29F17N4O4S. The van der Waals surface area contributed by atoms with Crippen LogP contribution in [0, 0.1) is 0 Å². The molecule has 0 aromatic carbocycles. The van der Waals surface area contributed by atoms with E-state index in [2.05, 4.69) is 4.99 Å². The van der Waals surface area contributed by atoms with Crippen molar-refractivity contribution in [2.24, 2.45) is 17.2 Å². The molecule has 0 rings (SSSR count). The first-order valence-electron chi connectivity index (χ1n) is 12.8. The normalized spacial score (nSPS) is 14.5. The number of hydrogen-bond acceptors (Lipinski definition) is 5. The van der Waals surface area contributed by atoms with Crippen molar-refractivity contribution in [1.29, 1.82) is 0 Å². The molecule has 0 aromatic rings. The minimum Gasteiger partial charge on any atom is -0.550 e. The Bertz CT molecular complexity index is 1070. The summed E-state index contributed by atoms with van der Waals surface area (Å²) in [5.74, 6) is -59.9. The van der Waals surface area contributed by atoms with Gasteiger partial charge in [-0.05, 0) is 43.6 Å². The molecule has 0 fully saturated rings. The number of nitrogens with two attached hydrogens (primary N) is 3. The molecule has 0 amide bonds. The molecule has 48 heavy (non-hydrogen) atoms. The van der Waals surface area contributed by atoms with Gasteiger partial charge < -0.3 is 20.7 Å². The van der Waals surface area contributed by atoms with E-state index in [-0.39, 0.29) is 42.7 Å². The van der Waals surface area contributed by atoms with Crippen molar-refractivity contribution in [2.45, 2.75) is 98.6 Å². The van der Waals surface area contributed by atoms with E-state index >= 15 is 0 Å². The van der Waals surface area contributed by atoms with Gasteiger partial charge >= 0.3 is 59.6 Å². The summed E-state index contributed by atoms with van der Waals surface area (Å²) in [4.78, 5) is 23.0. The molecule has 0 spiro atoms. The van der Waals surface area contributed by atoms with Crippen molar-refractivity contribution in [3.05, 3.63) is 0 Å². The quantitative estimate of drug-likeness (QED) is 0.0546. The van der Waals surface area contributed by atoms with Crippen LogP contribution in [0.1, 0.15) is 44.9 Å². The third-order valence-corrected chi connectivity index (χ3v) is 6.93. The first-order chi connectivity index (χ1) is 21.2. The van der Waals surface area contributed by atoms with Crippen LogP contribution in [0.5, 0.6) is 0 Å². The number of rotatable bonds is 20. The molecule has 0 aliphatic rings. The lowest BCUT2D eigenvalue weighted by molar-refractivity contribution is -0.461. The number of carbonyl (C=O) groups is 2. The maximum absolute atomic E-state index is 13.6. The van der Waals surface area contributed by atoms with E-state index in [4.69, 9.17) is 22.3 Å². The molecule has 0 heterocycles. The van der Waals surface area contributed by atoms with Gasteiger partial charge in [-0.25, -0.2) is 0 Å². The summed E-state index contributed by atoms with van der Waals surface area (Å²) in [6.45, 7) is 0.545. The van der Waals surface area contributed by atoms with Crippen LogP contribution >= 0.6 is 11.8 Å². The van der Waals surface area contributed by atoms with Gasteiger partial charge in [-0.3, -0.25) is 21.3 Å². The van der Waals surface area contributed by atoms with Gasteiger partial charge in [0.1, 0.15) is 6.04 Å². The molecule has 0 aromatic heterocycles. The predicted molar refractivity (Wildman–Crippen MR) is 130 cm³/mol. The van der Waals surface area contributed by atoms with Crippen molar-refractivity contribution in [3.8, 4) is 0 Å². The fourth-order valence-corrected chi connectivity index (χ4v) is 4.00. The van der Waals surface area contributed by atoms with Gasteiger partial charge in [0.2, 0.25) is 0 Å². The molecule has 26 heteroatoms. The lowest BCUT2D eigenvalue weighted by Crippen LogP contribution is -2.78. The Morgan fingerprint density at radius 3 is 1.50 bits per heavy atom. The molecule has 0 saturated heterocycles. The maximum atomic E-state index is 13.6. The molecule has 8 N–H and O–H groups in total. The highest BCUT2D eigenvalue weighted by molar-refractivity contribution is 7.99. The van der Waals surface area contributed by atoms with Crippen molar-refractivity contribution < 1.29 is 99.4 Å². The summed E-state index contributed by atoms with van der Waals surface area (Å²) in [6, 6.07) is -0.800. The molecule has 0 aliphatic carbocycles. The zero-order chi connectivity index (χ0) is 38.8. The number of unbranched alkanes of at least 4 members (excludes halogenated alkanes) is 2. The number of halogens is 17. The lowest BCUT2D eigenvalue weighted by Gasteiger charge is -2.42. The largest absolute Gasteiger partial charge is 0.550 e. The smallest absolute Gasteiger partial charge is 0.460 e. The molecule has 0 aliphatic heterocycles. The Balaban J connectivity index is 0. The lowest BCUT2D eigenvalue weighted by atomic mass is 9.88. The third kappa shape index (κ3) is 11.2. The Morgan fingerprint density at radius 1 is 0.667 bits per heavy atom. The van der Waals surface area contributed by atoms with Gasteiger partial charge in [-0.1, -0.05) is 6.42 Å². The topological polar surface area (TPSA) is 169 Å². The Hall–Kier alpha value is -2.67. The second kappa shape index (κ2) is 17.3. The summed E-state index contributed by atoms with van der Waals surface area (Å²) in [5, 5.41) is 18.5. The standard InChI is InChI=1S/C16H15F17O2S.C6H14N4O2/c17-9(18,5-7-36-6-3-1-2-4-8(34)35)10(19,20)11(21,22)12(23,24)13(25,26)14(27,28)15(29,30)16(31,32)33;7-4(5(11)12)2-1-3-10-6(8)9/h1-7H2,(H,34,35);4H,1-3,7H2,(H,11,12)(H4,8,9,10)/t;4-/m.0/s1. The van der Waals surface area contributed by atoms with Gasteiger partial charge in [0.05, 0.1) is 6.54 Å². The average molecular weight is 769 g/mol. The van der Waals surface area contributed by atoms with Crippen molar-refractivity contribution in [1.82, 2.24) is 0 Å². The van der Waals surface area contributed by atoms with E-state index in [1.165, 1.54) is 0 Å². The molecule has 0 radical (unpaired) electrons. The van der Waals surface area contributed by atoms with Crippen LogP contribution in [0.2, 0.25) is 0 Å². The number of alkyl halides is 17. The van der Waals surface area contributed by atoms with Crippen LogP contribution in [0.15, 0.2) is 0 Å². The molecule has 8 nitrogen and oxygen atoms in total. The summed E-state index contributed by atoms with van der Waals surface area (Å²) in [7, 11) is 0. The molecule has 1 atom stereocenters. The summed E-state index contributed by atoms with van der Waals surface area (Å²) < 4.78 is 223. The van der Waals surface area contributed by atoms with E-state index in [9.17, 15) is 89.3 Å². The fourth-order valence-electron chi connectivity index (χ4n) is 2.98. The molecule has 0 saturated carbocycles. The highest BCUT2D eigenvalue weighted by atomic mass is 32.2. The summed E-state index contributed by atoms with van der Waals surface area (Å²) in [5.41, 5.74) is 15.4. The Labute approximate surface area is 263 Å². The number of guanidine groups is 1. The monoisotopic (exact) mass is 768 g/mol. The summed E-state index contributed by atoms with van der Waals surface area (Å²) in [6.07, 6.45) is -9.41. The van der Waals surface area contributed by atoms with E-state index in [1.54, 1.807) is 0 Å². The maximum Gasteiger partial charge on any atom is 0.460 e. The predicted octanol–water partition coefficient (Wildman–Crippen LogP) is 2.96. The number of carboxylic acid groups (broad SMARTS) is 2. The van der Waals surface area contributed by atoms with Crippen molar-refractivity contribution >= 4 is 29.7 Å². The van der Waals surface area contributed by atoms with Crippen molar-refractivity contribution in [2.75, 3.05) is 18.1 Å². The van der Waals surface area contributed by atoms with Gasteiger partial charge in [-0.2, -0.15) is 86.4 Å².